The maximum Gasteiger partial charge on any atom is 0.337 e. The molecule has 0 aromatic heterocycles. The highest BCUT2D eigenvalue weighted by molar-refractivity contribution is 5.79. The lowest BCUT2D eigenvalue weighted by atomic mass is 9.89. The first kappa shape index (κ1) is 10.3. The molecule has 0 radical (unpaired) electrons. The molecule has 0 spiro atoms. The molecule has 0 bridgehead atoms. The third kappa shape index (κ3) is 2.56. The van der Waals surface area contributed by atoms with Crippen LogP contribution >= 0.6 is 0 Å². The normalized spacial score (nSPS) is 31.5. The lowest BCUT2D eigenvalue weighted by Crippen LogP contribution is -2.39. The van der Waals surface area contributed by atoms with Crippen molar-refractivity contribution in [2.45, 2.75) is 37.7 Å². The van der Waals surface area contributed by atoms with Gasteiger partial charge in [-0.1, -0.05) is 12.2 Å². The molecular weight excluding hydrogens is 168 g/mol. The monoisotopic (exact) mass is 184 g/mol. The SMILES string of the molecule is COC(=O)C1(O)CC/C=C\CCC1. The van der Waals surface area contributed by atoms with E-state index in [4.69, 9.17) is 0 Å². The van der Waals surface area contributed by atoms with E-state index in [1.54, 1.807) is 0 Å². The Balaban J connectivity index is 2.64. The zero-order chi connectivity index (χ0) is 9.73. The number of carbonyl (C=O) groups is 1. The molecule has 0 aromatic rings. The first-order chi connectivity index (χ1) is 6.19. The van der Waals surface area contributed by atoms with Crippen molar-refractivity contribution in [3.05, 3.63) is 12.2 Å². The molecule has 3 nitrogen and oxygen atoms in total. The summed E-state index contributed by atoms with van der Waals surface area (Å²) in [7, 11) is 1.31. The number of aliphatic hydroxyl groups is 1. The lowest BCUT2D eigenvalue weighted by molar-refractivity contribution is -0.164. The quantitative estimate of drug-likeness (QED) is 0.495. The number of rotatable bonds is 1. The predicted octanol–water partition coefficient (Wildman–Crippen LogP) is 1.41. The first-order valence-electron chi connectivity index (χ1n) is 4.65. The van der Waals surface area contributed by atoms with E-state index in [0.717, 1.165) is 19.3 Å². The van der Waals surface area contributed by atoms with Crippen molar-refractivity contribution >= 4 is 5.97 Å². The molecule has 13 heavy (non-hydrogen) atoms. The number of hydrogen-bond acceptors (Lipinski definition) is 3. The standard InChI is InChI=1S/C10H16O3/c1-13-9(11)10(12)7-5-3-2-4-6-8-10/h2-3,12H,4-8H2,1H3/b3-2-. The lowest BCUT2D eigenvalue weighted by Gasteiger charge is -2.25. The van der Waals surface area contributed by atoms with Gasteiger partial charge in [0.2, 0.25) is 0 Å². The third-order valence-electron chi connectivity index (χ3n) is 2.42. The van der Waals surface area contributed by atoms with Crippen molar-refractivity contribution in [1.29, 1.82) is 0 Å². The van der Waals surface area contributed by atoms with Crippen LogP contribution in [0.2, 0.25) is 0 Å². The van der Waals surface area contributed by atoms with Crippen LogP contribution in [0.25, 0.3) is 0 Å². The second kappa shape index (κ2) is 4.42. The second-order valence-electron chi connectivity index (χ2n) is 3.43. The summed E-state index contributed by atoms with van der Waals surface area (Å²) in [5.41, 5.74) is -1.25. The van der Waals surface area contributed by atoms with Crippen molar-refractivity contribution in [1.82, 2.24) is 0 Å². The highest BCUT2D eigenvalue weighted by atomic mass is 16.5. The third-order valence-corrected chi connectivity index (χ3v) is 2.42. The fraction of sp³-hybridized carbons (Fsp3) is 0.700. The van der Waals surface area contributed by atoms with Gasteiger partial charge in [0.05, 0.1) is 7.11 Å². The van der Waals surface area contributed by atoms with Gasteiger partial charge in [-0.15, -0.1) is 0 Å². The van der Waals surface area contributed by atoms with Crippen LogP contribution in [0.3, 0.4) is 0 Å². The smallest absolute Gasteiger partial charge is 0.337 e. The Bertz CT molecular complexity index is 210. The maximum absolute atomic E-state index is 11.3. The number of allylic oxidation sites excluding steroid dienone is 2. The minimum atomic E-state index is -1.25. The summed E-state index contributed by atoms with van der Waals surface area (Å²) in [5, 5.41) is 9.94. The fourth-order valence-corrected chi connectivity index (χ4v) is 1.59. The number of methoxy groups -OCH3 is 1. The van der Waals surface area contributed by atoms with Gasteiger partial charge in [-0.25, -0.2) is 4.79 Å². The van der Waals surface area contributed by atoms with Crippen molar-refractivity contribution < 1.29 is 14.6 Å². The molecule has 1 N–H and O–H groups in total. The van der Waals surface area contributed by atoms with E-state index in [9.17, 15) is 9.90 Å². The van der Waals surface area contributed by atoms with E-state index in [1.165, 1.54) is 7.11 Å². The van der Waals surface area contributed by atoms with Gasteiger partial charge < -0.3 is 9.84 Å². The summed E-state index contributed by atoms with van der Waals surface area (Å²) in [6, 6.07) is 0. The first-order valence-corrected chi connectivity index (χ1v) is 4.65. The molecule has 1 unspecified atom stereocenters. The van der Waals surface area contributed by atoms with Gasteiger partial charge in [-0.3, -0.25) is 0 Å². The van der Waals surface area contributed by atoms with Crippen LogP contribution in [-0.2, 0) is 9.53 Å². The molecule has 0 amide bonds. The molecule has 0 aromatic carbocycles. The summed E-state index contributed by atoms with van der Waals surface area (Å²) in [4.78, 5) is 11.3. The van der Waals surface area contributed by atoms with Crippen molar-refractivity contribution in [3.63, 3.8) is 0 Å². The number of ether oxygens (including phenoxy) is 1. The van der Waals surface area contributed by atoms with Crippen LogP contribution in [0.1, 0.15) is 32.1 Å². The van der Waals surface area contributed by atoms with Gasteiger partial charge in [0.15, 0.2) is 5.60 Å². The molecule has 0 heterocycles. The minimum Gasteiger partial charge on any atom is -0.467 e. The maximum atomic E-state index is 11.3. The molecular formula is C10H16O3. The molecule has 1 aliphatic carbocycles. The van der Waals surface area contributed by atoms with Crippen molar-refractivity contribution in [2.24, 2.45) is 0 Å². The van der Waals surface area contributed by atoms with Crippen LogP contribution in [-0.4, -0.2) is 23.8 Å². The van der Waals surface area contributed by atoms with Gasteiger partial charge in [0.25, 0.3) is 0 Å². The number of hydrogen-bond donors (Lipinski definition) is 1. The Morgan fingerprint density at radius 2 is 2.08 bits per heavy atom. The van der Waals surface area contributed by atoms with Crippen molar-refractivity contribution in [3.8, 4) is 0 Å². The number of esters is 1. The topological polar surface area (TPSA) is 46.5 Å². The molecule has 1 atom stereocenters. The second-order valence-corrected chi connectivity index (χ2v) is 3.43. The summed E-state index contributed by atoms with van der Waals surface area (Å²) < 4.78 is 4.58. The van der Waals surface area contributed by atoms with E-state index in [0.29, 0.717) is 12.8 Å². The van der Waals surface area contributed by atoms with Crippen LogP contribution in [0.5, 0.6) is 0 Å². The summed E-state index contributed by atoms with van der Waals surface area (Å²) in [5.74, 6) is -0.497. The van der Waals surface area contributed by atoms with E-state index >= 15 is 0 Å². The molecule has 0 fully saturated rings. The van der Waals surface area contributed by atoms with Crippen LogP contribution in [0.4, 0.5) is 0 Å². The fourth-order valence-electron chi connectivity index (χ4n) is 1.59. The molecule has 1 aliphatic rings. The zero-order valence-electron chi connectivity index (χ0n) is 7.95. The van der Waals surface area contributed by atoms with E-state index in [-0.39, 0.29) is 0 Å². The molecule has 0 saturated carbocycles. The Hall–Kier alpha value is -0.830. The Morgan fingerprint density at radius 1 is 1.38 bits per heavy atom. The zero-order valence-corrected chi connectivity index (χ0v) is 7.95. The average Bonchev–Trinajstić information content (AvgIpc) is 2.10. The van der Waals surface area contributed by atoms with E-state index in [2.05, 4.69) is 10.8 Å². The Kier molecular flexibility index (Phi) is 3.48. The largest absolute Gasteiger partial charge is 0.467 e. The molecule has 0 saturated heterocycles. The van der Waals surface area contributed by atoms with Gasteiger partial charge in [0, 0.05) is 0 Å². The molecule has 3 heteroatoms. The predicted molar refractivity (Wildman–Crippen MR) is 49.2 cm³/mol. The van der Waals surface area contributed by atoms with Crippen LogP contribution in [0, 0.1) is 0 Å². The summed E-state index contributed by atoms with van der Waals surface area (Å²) >= 11 is 0. The highest BCUT2D eigenvalue weighted by Crippen LogP contribution is 2.24. The van der Waals surface area contributed by atoms with E-state index < -0.39 is 11.6 Å². The van der Waals surface area contributed by atoms with Gasteiger partial charge >= 0.3 is 5.97 Å². The van der Waals surface area contributed by atoms with Gasteiger partial charge in [-0.2, -0.15) is 0 Å². The average molecular weight is 184 g/mol. The summed E-state index contributed by atoms with van der Waals surface area (Å²) in [6.45, 7) is 0. The highest BCUT2D eigenvalue weighted by Gasteiger charge is 2.35. The summed E-state index contributed by atoms with van der Waals surface area (Å²) in [6.07, 6.45) is 7.58. The Labute approximate surface area is 78.4 Å². The Morgan fingerprint density at radius 3 is 2.77 bits per heavy atom. The van der Waals surface area contributed by atoms with E-state index in [1.807, 2.05) is 6.08 Å². The van der Waals surface area contributed by atoms with Crippen LogP contribution in [0.15, 0.2) is 12.2 Å². The van der Waals surface area contributed by atoms with Crippen molar-refractivity contribution in [2.75, 3.05) is 7.11 Å². The van der Waals surface area contributed by atoms with Gasteiger partial charge in [-0.05, 0) is 32.1 Å². The molecule has 74 valence electrons. The van der Waals surface area contributed by atoms with Crippen LogP contribution < -0.4 is 0 Å². The molecule has 1 rings (SSSR count). The number of carbonyl (C=O) groups excluding carboxylic acids is 1. The van der Waals surface area contributed by atoms with Gasteiger partial charge in [0.1, 0.15) is 0 Å². The minimum absolute atomic E-state index is 0.468. The molecule has 0 aliphatic heterocycles.